The van der Waals surface area contributed by atoms with Crippen molar-refractivity contribution in [1.82, 2.24) is 10.2 Å². The second kappa shape index (κ2) is 4.13. The lowest BCUT2D eigenvalue weighted by molar-refractivity contribution is -0.119. The fourth-order valence-electron chi connectivity index (χ4n) is 1.04. The lowest BCUT2D eigenvalue weighted by Gasteiger charge is -2.19. The van der Waals surface area contributed by atoms with Gasteiger partial charge in [0, 0.05) is 7.05 Å². The van der Waals surface area contributed by atoms with Crippen LogP contribution in [0.3, 0.4) is 0 Å². The molecule has 80 valence electrons. The van der Waals surface area contributed by atoms with Crippen LogP contribution >= 0.6 is 0 Å². The van der Waals surface area contributed by atoms with Gasteiger partial charge < -0.3 is 4.90 Å². The van der Waals surface area contributed by atoms with E-state index in [1.165, 1.54) is 19.3 Å². The minimum Gasteiger partial charge on any atom is -0.348 e. The van der Waals surface area contributed by atoms with Crippen molar-refractivity contribution in [1.29, 1.82) is 5.26 Å². The molecule has 0 atom stereocenters. The van der Waals surface area contributed by atoms with Crippen LogP contribution in [0.25, 0.3) is 0 Å². The second-order valence-corrected chi connectivity index (χ2v) is 2.85. The van der Waals surface area contributed by atoms with E-state index < -0.39 is 12.7 Å². The molecule has 0 N–H and O–H groups in total. The van der Waals surface area contributed by atoms with E-state index in [-0.39, 0.29) is 11.4 Å². The number of hydrogen-bond acceptors (Lipinski definition) is 4. The van der Waals surface area contributed by atoms with E-state index >= 15 is 0 Å². The fraction of sp³-hybridized carbons (Fsp3) is 0.375. The number of halogens is 3. The lowest BCUT2D eigenvalue weighted by atomic mass is 10.3. The third-order valence-corrected chi connectivity index (χ3v) is 1.60. The Morgan fingerprint density at radius 1 is 1.53 bits per heavy atom. The van der Waals surface area contributed by atoms with Gasteiger partial charge in [0.2, 0.25) is 0 Å². The van der Waals surface area contributed by atoms with Crippen LogP contribution in [0.4, 0.5) is 19.0 Å². The van der Waals surface area contributed by atoms with Crippen molar-refractivity contribution in [2.45, 2.75) is 6.18 Å². The smallest absolute Gasteiger partial charge is 0.348 e. The van der Waals surface area contributed by atoms with Crippen LogP contribution in [-0.4, -0.2) is 30.0 Å². The van der Waals surface area contributed by atoms with Crippen molar-refractivity contribution < 1.29 is 13.2 Å². The van der Waals surface area contributed by atoms with E-state index in [0.29, 0.717) is 0 Å². The fourth-order valence-corrected chi connectivity index (χ4v) is 1.04. The summed E-state index contributed by atoms with van der Waals surface area (Å²) < 4.78 is 36.2. The molecule has 0 unspecified atom stereocenters. The summed E-state index contributed by atoms with van der Waals surface area (Å²) in [6, 6.07) is 3.07. The highest BCUT2D eigenvalue weighted by Crippen LogP contribution is 2.20. The minimum atomic E-state index is -4.33. The zero-order valence-electron chi connectivity index (χ0n) is 7.78. The Balaban J connectivity index is 2.92. The number of alkyl halides is 3. The zero-order chi connectivity index (χ0) is 11.5. The lowest BCUT2D eigenvalue weighted by Crippen LogP contribution is -2.32. The minimum absolute atomic E-state index is 0.0664. The molecule has 1 rings (SSSR count). The molecular formula is C8H7F3N4. The highest BCUT2D eigenvalue weighted by Gasteiger charge is 2.30. The van der Waals surface area contributed by atoms with Crippen LogP contribution in [0, 0.1) is 11.3 Å². The van der Waals surface area contributed by atoms with Gasteiger partial charge in [0.15, 0.2) is 5.82 Å². The van der Waals surface area contributed by atoms with Crippen LogP contribution in [0.2, 0.25) is 0 Å². The maximum atomic E-state index is 12.1. The van der Waals surface area contributed by atoms with Crippen molar-refractivity contribution in [2.75, 3.05) is 18.5 Å². The number of hydrogen-bond donors (Lipinski definition) is 0. The Morgan fingerprint density at radius 2 is 2.20 bits per heavy atom. The first-order valence-corrected chi connectivity index (χ1v) is 3.93. The standard InChI is InChI=1S/C8H7F3N4/c1-15(5-8(9,10)11)7-6(4-12)2-3-13-14-7/h2-3H,5H2,1H3. The monoisotopic (exact) mass is 216 g/mol. The zero-order valence-corrected chi connectivity index (χ0v) is 7.78. The summed E-state index contributed by atoms with van der Waals surface area (Å²) >= 11 is 0. The summed E-state index contributed by atoms with van der Waals surface area (Å²) in [6.07, 6.45) is -3.08. The Bertz CT molecular complexity index is 382. The van der Waals surface area contributed by atoms with Gasteiger partial charge in [-0.15, -0.1) is 5.10 Å². The molecule has 0 fully saturated rings. The van der Waals surface area contributed by atoms with Gasteiger partial charge in [0.1, 0.15) is 12.6 Å². The molecule has 1 aromatic heterocycles. The summed E-state index contributed by atoms with van der Waals surface area (Å²) in [6.45, 7) is -1.17. The van der Waals surface area contributed by atoms with Crippen LogP contribution in [0.1, 0.15) is 5.56 Å². The highest BCUT2D eigenvalue weighted by molar-refractivity contribution is 5.51. The van der Waals surface area contributed by atoms with E-state index in [1.807, 2.05) is 0 Å². The predicted molar refractivity (Wildman–Crippen MR) is 46.1 cm³/mol. The molecule has 0 radical (unpaired) electrons. The quantitative estimate of drug-likeness (QED) is 0.748. The van der Waals surface area contributed by atoms with E-state index in [9.17, 15) is 13.2 Å². The van der Waals surface area contributed by atoms with Crippen LogP contribution < -0.4 is 4.90 Å². The predicted octanol–water partition coefficient (Wildman–Crippen LogP) is 1.35. The molecule has 0 spiro atoms. The number of anilines is 1. The van der Waals surface area contributed by atoms with Gasteiger partial charge >= 0.3 is 6.18 Å². The molecular weight excluding hydrogens is 209 g/mol. The first-order valence-electron chi connectivity index (χ1n) is 3.93. The maximum absolute atomic E-state index is 12.1. The second-order valence-electron chi connectivity index (χ2n) is 2.85. The van der Waals surface area contributed by atoms with E-state index in [0.717, 1.165) is 4.90 Å². The molecule has 0 saturated carbocycles. The van der Waals surface area contributed by atoms with Gasteiger partial charge in [-0.1, -0.05) is 0 Å². The molecule has 0 aliphatic rings. The van der Waals surface area contributed by atoms with E-state index in [1.54, 1.807) is 6.07 Å². The SMILES string of the molecule is CN(CC(F)(F)F)c1nnccc1C#N. The van der Waals surface area contributed by atoms with Crippen molar-refractivity contribution in [3.05, 3.63) is 17.8 Å². The van der Waals surface area contributed by atoms with E-state index in [2.05, 4.69) is 10.2 Å². The van der Waals surface area contributed by atoms with Crippen LogP contribution in [0.5, 0.6) is 0 Å². The third kappa shape index (κ3) is 3.09. The van der Waals surface area contributed by atoms with E-state index in [4.69, 9.17) is 5.26 Å². The summed E-state index contributed by atoms with van der Waals surface area (Å²) in [4.78, 5) is 0.839. The van der Waals surface area contributed by atoms with Gasteiger partial charge in [-0.2, -0.15) is 23.5 Å². The molecule has 4 nitrogen and oxygen atoms in total. The normalized spacial score (nSPS) is 10.9. The van der Waals surface area contributed by atoms with Gasteiger partial charge in [-0.25, -0.2) is 0 Å². The molecule has 0 aliphatic heterocycles. The molecule has 0 aliphatic carbocycles. The molecule has 0 bridgehead atoms. The Hall–Kier alpha value is -1.84. The maximum Gasteiger partial charge on any atom is 0.405 e. The number of aromatic nitrogens is 2. The number of nitriles is 1. The Kier molecular flexibility index (Phi) is 3.09. The van der Waals surface area contributed by atoms with Crippen molar-refractivity contribution in [3.8, 4) is 6.07 Å². The average Bonchev–Trinajstić information content (AvgIpc) is 2.15. The highest BCUT2D eigenvalue weighted by atomic mass is 19.4. The largest absolute Gasteiger partial charge is 0.405 e. The summed E-state index contributed by atoms with van der Waals surface area (Å²) in [5, 5.41) is 15.6. The molecule has 0 aromatic carbocycles. The van der Waals surface area contributed by atoms with Crippen molar-refractivity contribution >= 4 is 5.82 Å². The summed E-state index contributed by atoms with van der Waals surface area (Å²) in [7, 11) is 1.21. The van der Waals surface area contributed by atoms with Crippen LogP contribution in [-0.2, 0) is 0 Å². The first kappa shape index (κ1) is 11.2. The van der Waals surface area contributed by atoms with Gasteiger partial charge in [0.25, 0.3) is 0 Å². The molecule has 1 heterocycles. The van der Waals surface area contributed by atoms with Crippen molar-refractivity contribution in [3.63, 3.8) is 0 Å². The third-order valence-electron chi connectivity index (χ3n) is 1.60. The number of rotatable bonds is 2. The summed E-state index contributed by atoms with van der Waals surface area (Å²) in [5.41, 5.74) is 0.0664. The summed E-state index contributed by atoms with van der Waals surface area (Å²) in [5.74, 6) is -0.0719. The number of nitrogens with zero attached hydrogens (tertiary/aromatic N) is 4. The average molecular weight is 216 g/mol. The Labute approximate surface area is 83.9 Å². The van der Waals surface area contributed by atoms with Crippen LogP contribution in [0.15, 0.2) is 12.3 Å². The van der Waals surface area contributed by atoms with Gasteiger partial charge in [-0.3, -0.25) is 0 Å². The van der Waals surface area contributed by atoms with Gasteiger partial charge in [-0.05, 0) is 6.07 Å². The molecule has 7 heteroatoms. The van der Waals surface area contributed by atoms with Crippen molar-refractivity contribution in [2.24, 2.45) is 0 Å². The molecule has 0 saturated heterocycles. The molecule has 1 aromatic rings. The topological polar surface area (TPSA) is 52.8 Å². The van der Waals surface area contributed by atoms with Gasteiger partial charge in [0.05, 0.1) is 11.8 Å². The first-order chi connectivity index (χ1) is 6.94. The molecule has 15 heavy (non-hydrogen) atoms. The molecule has 0 amide bonds. The Morgan fingerprint density at radius 3 is 2.73 bits per heavy atom.